The molecule has 6 heteroatoms. The lowest BCUT2D eigenvalue weighted by atomic mass is 10.0. The van der Waals surface area contributed by atoms with Gasteiger partial charge in [-0.25, -0.2) is 8.42 Å². The van der Waals surface area contributed by atoms with Crippen LogP contribution < -0.4 is 0 Å². The third-order valence-corrected chi connectivity index (χ3v) is 6.36. The molecule has 1 saturated heterocycles. The van der Waals surface area contributed by atoms with E-state index in [1.807, 2.05) is 19.5 Å². The molecule has 1 aliphatic rings. The molecule has 0 saturated carbocycles. The van der Waals surface area contributed by atoms with E-state index < -0.39 is 10.0 Å². The van der Waals surface area contributed by atoms with Crippen LogP contribution in [0.1, 0.15) is 25.7 Å². The molecule has 1 atom stereocenters. The first-order valence-corrected chi connectivity index (χ1v) is 9.09. The van der Waals surface area contributed by atoms with Gasteiger partial charge < -0.3 is 4.90 Å². The van der Waals surface area contributed by atoms with E-state index in [1.54, 1.807) is 15.8 Å². The lowest BCUT2D eigenvalue weighted by Crippen LogP contribution is -2.44. The molecule has 4 nitrogen and oxygen atoms in total. The van der Waals surface area contributed by atoms with E-state index in [4.69, 9.17) is 0 Å². The van der Waals surface area contributed by atoms with Crippen LogP contribution in [0.3, 0.4) is 0 Å². The van der Waals surface area contributed by atoms with Crippen molar-refractivity contribution in [1.82, 2.24) is 9.21 Å². The van der Waals surface area contributed by atoms with Crippen molar-refractivity contribution in [2.24, 2.45) is 0 Å². The van der Waals surface area contributed by atoms with Crippen LogP contribution in [-0.2, 0) is 10.0 Å². The van der Waals surface area contributed by atoms with Gasteiger partial charge in [0, 0.05) is 18.0 Å². The zero-order valence-corrected chi connectivity index (χ0v) is 13.2. The number of nitrogens with zero attached hydrogens (tertiary/aromatic N) is 2. The molecule has 108 valence electrons. The van der Waals surface area contributed by atoms with Crippen LogP contribution in [-0.4, -0.2) is 50.8 Å². The van der Waals surface area contributed by atoms with E-state index in [0.29, 0.717) is 11.4 Å². The highest BCUT2D eigenvalue weighted by atomic mass is 32.2. The standard InChI is InChI=1S/C13H22N2O2S2/c1-14(2)9-6-12-5-3-4-8-15(12)19(16,17)13-7-10-18-11-13/h7,10-12H,3-6,8-9H2,1-2H3/t12-/m0/s1. The minimum Gasteiger partial charge on any atom is -0.309 e. The number of sulfonamides is 1. The molecular formula is C13H22N2O2S2. The molecule has 1 aliphatic heterocycles. The van der Waals surface area contributed by atoms with Crippen molar-refractivity contribution in [3.63, 3.8) is 0 Å². The van der Waals surface area contributed by atoms with Crippen LogP contribution in [0, 0.1) is 0 Å². The fourth-order valence-electron chi connectivity index (χ4n) is 2.52. The molecule has 2 heterocycles. The Morgan fingerprint density at radius 3 is 2.84 bits per heavy atom. The van der Waals surface area contributed by atoms with Crippen molar-refractivity contribution < 1.29 is 8.42 Å². The van der Waals surface area contributed by atoms with Crippen molar-refractivity contribution in [1.29, 1.82) is 0 Å². The second-order valence-electron chi connectivity index (χ2n) is 5.32. The summed E-state index contributed by atoms with van der Waals surface area (Å²) in [6.45, 7) is 1.59. The van der Waals surface area contributed by atoms with Gasteiger partial charge in [-0.3, -0.25) is 0 Å². The summed E-state index contributed by atoms with van der Waals surface area (Å²) < 4.78 is 27.0. The van der Waals surface area contributed by atoms with Gasteiger partial charge in [0.05, 0.1) is 4.90 Å². The summed E-state index contributed by atoms with van der Waals surface area (Å²) in [6.07, 6.45) is 4.00. The van der Waals surface area contributed by atoms with Gasteiger partial charge in [-0.1, -0.05) is 6.42 Å². The molecule has 1 aromatic rings. The number of rotatable bonds is 5. The predicted octanol–water partition coefficient (Wildman–Crippen LogP) is 2.24. The molecular weight excluding hydrogens is 280 g/mol. The zero-order chi connectivity index (χ0) is 13.9. The van der Waals surface area contributed by atoms with E-state index in [0.717, 1.165) is 32.2 Å². The minimum atomic E-state index is -3.29. The maximum absolute atomic E-state index is 12.6. The maximum Gasteiger partial charge on any atom is 0.244 e. The van der Waals surface area contributed by atoms with Crippen molar-refractivity contribution in [2.45, 2.75) is 36.6 Å². The average Bonchev–Trinajstić information content (AvgIpc) is 2.91. The highest BCUT2D eigenvalue weighted by Gasteiger charge is 2.33. The van der Waals surface area contributed by atoms with Gasteiger partial charge in [0.1, 0.15) is 0 Å². The zero-order valence-electron chi connectivity index (χ0n) is 11.6. The van der Waals surface area contributed by atoms with E-state index in [2.05, 4.69) is 4.90 Å². The van der Waals surface area contributed by atoms with E-state index in [1.165, 1.54) is 11.3 Å². The first-order valence-electron chi connectivity index (χ1n) is 6.70. The van der Waals surface area contributed by atoms with Gasteiger partial charge in [-0.15, -0.1) is 0 Å². The van der Waals surface area contributed by atoms with Gasteiger partial charge in [-0.05, 0) is 51.3 Å². The van der Waals surface area contributed by atoms with Crippen LogP contribution in [0.2, 0.25) is 0 Å². The van der Waals surface area contributed by atoms with E-state index in [9.17, 15) is 8.42 Å². The predicted molar refractivity (Wildman–Crippen MR) is 79.0 cm³/mol. The second kappa shape index (κ2) is 6.35. The van der Waals surface area contributed by atoms with Gasteiger partial charge in [0.15, 0.2) is 0 Å². The van der Waals surface area contributed by atoms with Gasteiger partial charge in [-0.2, -0.15) is 15.6 Å². The van der Waals surface area contributed by atoms with Crippen LogP contribution in [0.25, 0.3) is 0 Å². The number of piperidine rings is 1. The van der Waals surface area contributed by atoms with Crippen LogP contribution in [0.5, 0.6) is 0 Å². The summed E-state index contributed by atoms with van der Waals surface area (Å²) in [7, 11) is 0.766. The lowest BCUT2D eigenvalue weighted by Gasteiger charge is -2.35. The molecule has 0 amide bonds. The molecule has 0 aromatic carbocycles. The fourth-order valence-corrected chi connectivity index (χ4v) is 5.26. The van der Waals surface area contributed by atoms with E-state index in [-0.39, 0.29) is 6.04 Å². The molecule has 1 fully saturated rings. The third kappa shape index (κ3) is 3.56. The minimum absolute atomic E-state index is 0.154. The molecule has 1 aromatic heterocycles. The summed E-state index contributed by atoms with van der Waals surface area (Å²) in [5.74, 6) is 0. The molecule has 2 rings (SSSR count). The summed E-state index contributed by atoms with van der Waals surface area (Å²) in [5.41, 5.74) is 0. The Kier molecular flexibility index (Phi) is 5.00. The molecule has 0 radical (unpaired) electrons. The molecule has 0 unspecified atom stereocenters. The summed E-state index contributed by atoms with van der Waals surface area (Å²) >= 11 is 1.44. The van der Waals surface area contributed by atoms with Crippen molar-refractivity contribution >= 4 is 21.4 Å². The Morgan fingerprint density at radius 2 is 2.21 bits per heavy atom. The number of hydrogen-bond donors (Lipinski definition) is 0. The fraction of sp³-hybridized carbons (Fsp3) is 0.692. The van der Waals surface area contributed by atoms with Gasteiger partial charge >= 0.3 is 0 Å². The first kappa shape index (κ1) is 15.0. The number of hydrogen-bond acceptors (Lipinski definition) is 4. The largest absolute Gasteiger partial charge is 0.309 e. The number of thiophene rings is 1. The molecule has 0 spiro atoms. The molecule has 0 bridgehead atoms. The Hall–Kier alpha value is -0.430. The van der Waals surface area contributed by atoms with Crippen molar-refractivity contribution in [3.05, 3.63) is 16.8 Å². The van der Waals surface area contributed by atoms with Crippen LogP contribution in [0.15, 0.2) is 21.7 Å². The maximum atomic E-state index is 12.6. The topological polar surface area (TPSA) is 40.6 Å². The van der Waals surface area contributed by atoms with Gasteiger partial charge in [0.25, 0.3) is 0 Å². The Bertz CT molecular complexity index is 483. The van der Waals surface area contributed by atoms with Crippen LogP contribution >= 0.6 is 11.3 Å². The Morgan fingerprint density at radius 1 is 1.42 bits per heavy atom. The quantitative estimate of drug-likeness (QED) is 0.837. The normalized spacial score (nSPS) is 21.9. The highest BCUT2D eigenvalue weighted by molar-refractivity contribution is 7.89. The monoisotopic (exact) mass is 302 g/mol. The summed E-state index contributed by atoms with van der Waals surface area (Å²) in [4.78, 5) is 2.57. The van der Waals surface area contributed by atoms with Crippen molar-refractivity contribution in [2.75, 3.05) is 27.2 Å². The third-order valence-electron chi connectivity index (χ3n) is 3.58. The van der Waals surface area contributed by atoms with E-state index >= 15 is 0 Å². The summed E-state index contributed by atoms with van der Waals surface area (Å²) in [5, 5.41) is 3.55. The smallest absolute Gasteiger partial charge is 0.244 e. The molecule has 0 N–H and O–H groups in total. The van der Waals surface area contributed by atoms with Crippen molar-refractivity contribution in [3.8, 4) is 0 Å². The molecule has 0 aliphatic carbocycles. The lowest BCUT2D eigenvalue weighted by molar-refractivity contribution is 0.222. The average molecular weight is 302 g/mol. The SMILES string of the molecule is CN(C)CC[C@@H]1CCCCN1S(=O)(=O)c1ccsc1. The molecule has 19 heavy (non-hydrogen) atoms. The Balaban J connectivity index is 2.15. The Labute approximate surface area is 120 Å². The van der Waals surface area contributed by atoms with Crippen LogP contribution in [0.4, 0.5) is 0 Å². The van der Waals surface area contributed by atoms with Gasteiger partial charge in [0.2, 0.25) is 10.0 Å². The second-order valence-corrected chi connectivity index (χ2v) is 7.99. The summed E-state index contributed by atoms with van der Waals surface area (Å²) in [6, 6.07) is 1.86. The highest BCUT2D eigenvalue weighted by Crippen LogP contribution is 2.28. The first-order chi connectivity index (χ1) is 9.01.